The Morgan fingerprint density at radius 2 is 1.88 bits per heavy atom. The zero-order valence-electron chi connectivity index (χ0n) is 18.1. The highest BCUT2D eigenvalue weighted by molar-refractivity contribution is 6.10. The normalized spacial score (nSPS) is 15.0. The zero-order chi connectivity index (χ0) is 23.9. The number of hydrogen-bond donors (Lipinski definition) is 1. The molecule has 0 fully saturated rings. The molecule has 5 rings (SSSR count). The summed E-state index contributed by atoms with van der Waals surface area (Å²) in [6.45, 7) is -0.576. The molecule has 0 atom stereocenters. The number of benzene rings is 2. The number of nitrogens with zero attached hydrogens (tertiary/aromatic N) is 4. The maximum atomic E-state index is 13.7. The number of hydrogen-bond acceptors (Lipinski definition) is 6. The van der Waals surface area contributed by atoms with Crippen LogP contribution in [0.25, 0.3) is 0 Å². The molecule has 8 nitrogen and oxygen atoms in total. The van der Waals surface area contributed by atoms with Gasteiger partial charge in [0.05, 0.1) is 25.9 Å². The first kappa shape index (κ1) is 21.8. The summed E-state index contributed by atoms with van der Waals surface area (Å²) in [5, 5.41) is 2.19. The summed E-state index contributed by atoms with van der Waals surface area (Å²) >= 11 is 0. The van der Waals surface area contributed by atoms with Crippen molar-refractivity contribution in [2.75, 3.05) is 35.4 Å². The number of nitrogens with one attached hydrogen (secondary N) is 1. The number of rotatable bonds is 5. The van der Waals surface area contributed by atoms with Crippen molar-refractivity contribution in [3.63, 3.8) is 0 Å². The molecule has 0 saturated heterocycles. The van der Waals surface area contributed by atoms with Crippen molar-refractivity contribution in [2.24, 2.45) is 0 Å². The lowest BCUT2D eigenvalue weighted by Gasteiger charge is -2.36. The van der Waals surface area contributed by atoms with E-state index < -0.39 is 18.8 Å². The van der Waals surface area contributed by atoms with Gasteiger partial charge in [-0.3, -0.25) is 4.90 Å². The topological polar surface area (TPSA) is 79.8 Å². The Hall–Kier alpha value is -4.02. The molecule has 2 aromatic carbocycles. The molecule has 0 saturated carbocycles. The fourth-order valence-electron chi connectivity index (χ4n) is 3.93. The monoisotopic (exact) mass is 471 g/mol. The molecular weight excluding hydrogens is 451 g/mol. The number of amides is 2. The second-order valence-corrected chi connectivity index (χ2v) is 7.80. The standard InChI is InChI=1S/C23H20F3N5O3/c1-33-18-5-2-16(3-6-18)30-12-15-11-27-21(28-13-23(24,25)26)29-20(15)31(22(30)32)17-4-7-19-14(10-17)8-9-34-19/h2-7,10-11H,8-9,12-13H2,1H3,(H,27,28,29). The fraction of sp³-hybridized carbons (Fsp3) is 0.261. The van der Waals surface area contributed by atoms with E-state index in [1.165, 1.54) is 11.1 Å². The van der Waals surface area contributed by atoms with Crippen molar-refractivity contribution in [2.45, 2.75) is 19.1 Å². The van der Waals surface area contributed by atoms with Gasteiger partial charge in [0.25, 0.3) is 0 Å². The predicted molar refractivity (Wildman–Crippen MR) is 119 cm³/mol. The van der Waals surface area contributed by atoms with Gasteiger partial charge in [-0.05, 0) is 48.0 Å². The molecular formula is C23H20F3N5O3. The Bertz CT molecular complexity index is 1230. The van der Waals surface area contributed by atoms with E-state index >= 15 is 0 Å². The number of anilines is 4. The molecule has 1 aromatic heterocycles. The summed E-state index contributed by atoms with van der Waals surface area (Å²) in [4.78, 5) is 25.0. The number of fused-ring (bicyclic) bond motifs is 2. The summed E-state index contributed by atoms with van der Waals surface area (Å²) in [7, 11) is 1.55. The molecule has 34 heavy (non-hydrogen) atoms. The molecule has 1 N–H and O–H groups in total. The average molecular weight is 471 g/mol. The predicted octanol–water partition coefficient (Wildman–Crippen LogP) is 4.67. The van der Waals surface area contributed by atoms with Crippen LogP contribution in [0.3, 0.4) is 0 Å². The molecule has 11 heteroatoms. The fourth-order valence-corrected chi connectivity index (χ4v) is 3.93. The molecule has 2 aliphatic rings. The van der Waals surface area contributed by atoms with Crippen molar-refractivity contribution in [3.05, 3.63) is 59.8 Å². The molecule has 0 aliphatic carbocycles. The van der Waals surface area contributed by atoms with Crippen LogP contribution in [-0.4, -0.2) is 42.4 Å². The van der Waals surface area contributed by atoms with Gasteiger partial charge in [0.2, 0.25) is 5.95 Å². The number of carbonyl (C=O) groups excluding carboxylic acids is 1. The Kier molecular flexibility index (Phi) is 5.39. The Morgan fingerprint density at radius 3 is 2.62 bits per heavy atom. The smallest absolute Gasteiger partial charge is 0.405 e. The lowest BCUT2D eigenvalue weighted by Crippen LogP contribution is -2.45. The molecule has 0 unspecified atom stereocenters. The number of methoxy groups -OCH3 is 1. The third-order valence-electron chi connectivity index (χ3n) is 5.57. The third kappa shape index (κ3) is 4.16. The van der Waals surface area contributed by atoms with E-state index in [0.29, 0.717) is 35.7 Å². The van der Waals surface area contributed by atoms with Gasteiger partial charge in [-0.15, -0.1) is 0 Å². The average Bonchev–Trinajstić information content (AvgIpc) is 3.30. The largest absolute Gasteiger partial charge is 0.497 e. The summed E-state index contributed by atoms with van der Waals surface area (Å²) < 4.78 is 48.8. The van der Waals surface area contributed by atoms with Gasteiger partial charge in [-0.25, -0.2) is 14.7 Å². The summed E-state index contributed by atoms with van der Waals surface area (Å²) in [6, 6.07) is 12.0. The SMILES string of the molecule is COc1ccc(N2Cc3cnc(NCC(F)(F)F)nc3N(c3ccc4c(c3)CCO4)C2=O)cc1. The number of alkyl halides is 3. The van der Waals surface area contributed by atoms with Crippen molar-refractivity contribution in [1.82, 2.24) is 9.97 Å². The molecule has 2 amide bonds. The third-order valence-corrected chi connectivity index (χ3v) is 5.57. The van der Waals surface area contributed by atoms with Crippen LogP contribution in [0.2, 0.25) is 0 Å². The highest BCUT2D eigenvalue weighted by Crippen LogP contribution is 2.38. The molecule has 0 radical (unpaired) electrons. The summed E-state index contributed by atoms with van der Waals surface area (Å²) in [5.74, 6) is 1.41. The van der Waals surface area contributed by atoms with E-state index in [4.69, 9.17) is 9.47 Å². The van der Waals surface area contributed by atoms with Crippen LogP contribution in [0.4, 0.5) is 41.1 Å². The maximum Gasteiger partial charge on any atom is 0.405 e. The van der Waals surface area contributed by atoms with Crippen LogP contribution in [0, 0.1) is 0 Å². The van der Waals surface area contributed by atoms with Crippen LogP contribution in [0.15, 0.2) is 48.7 Å². The van der Waals surface area contributed by atoms with Crippen molar-refractivity contribution < 1.29 is 27.4 Å². The minimum Gasteiger partial charge on any atom is -0.497 e. The summed E-state index contributed by atoms with van der Waals surface area (Å²) in [6.07, 6.45) is -2.30. The second kappa shape index (κ2) is 8.40. The van der Waals surface area contributed by atoms with Crippen molar-refractivity contribution >= 4 is 29.2 Å². The number of carbonyl (C=O) groups is 1. The van der Waals surface area contributed by atoms with Gasteiger partial charge in [0.15, 0.2) is 5.82 Å². The van der Waals surface area contributed by atoms with E-state index in [1.807, 2.05) is 6.07 Å². The lowest BCUT2D eigenvalue weighted by molar-refractivity contribution is -0.115. The highest BCUT2D eigenvalue weighted by atomic mass is 19.4. The van der Waals surface area contributed by atoms with Gasteiger partial charge in [0, 0.05) is 23.9 Å². The van der Waals surface area contributed by atoms with Crippen LogP contribution >= 0.6 is 0 Å². The van der Waals surface area contributed by atoms with Crippen molar-refractivity contribution in [3.8, 4) is 11.5 Å². The van der Waals surface area contributed by atoms with Gasteiger partial charge < -0.3 is 14.8 Å². The zero-order valence-corrected chi connectivity index (χ0v) is 18.1. The molecule has 176 valence electrons. The van der Waals surface area contributed by atoms with E-state index in [2.05, 4.69) is 15.3 Å². The van der Waals surface area contributed by atoms with Gasteiger partial charge in [-0.2, -0.15) is 18.2 Å². The van der Waals surface area contributed by atoms with E-state index in [-0.39, 0.29) is 18.3 Å². The molecule has 0 spiro atoms. The van der Waals surface area contributed by atoms with Crippen LogP contribution in [-0.2, 0) is 13.0 Å². The van der Waals surface area contributed by atoms with Crippen LogP contribution in [0.5, 0.6) is 11.5 Å². The Labute approximate surface area is 192 Å². The molecule has 3 heterocycles. The second-order valence-electron chi connectivity index (χ2n) is 7.80. The Morgan fingerprint density at radius 1 is 1.12 bits per heavy atom. The minimum absolute atomic E-state index is 0.157. The van der Waals surface area contributed by atoms with Gasteiger partial charge >= 0.3 is 12.2 Å². The van der Waals surface area contributed by atoms with Gasteiger partial charge in [-0.1, -0.05) is 0 Å². The minimum atomic E-state index is -4.43. The molecule has 0 bridgehead atoms. The summed E-state index contributed by atoms with van der Waals surface area (Å²) in [5.41, 5.74) is 2.70. The van der Waals surface area contributed by atoms with E-state index in [9.17, 15) is 18.0 Å². The highest BCUT2D eigenvalue weighted by Gasteiger charge is 2.35. The lowest BCUT2D eigenvalue weighted by atomic mass is 10.1. The first-order chi connectivity index (χ1) is 16.3. The first-order valence-electron chi connectivity index (χ1n) is 10.5. The molecule has 2 aliphatic heterocycles. The van der Waals surface area contributed by atoms with E-state index in [0.717, 1.165) is 11.3 Å². The number of halogens is 3. The number of aromatic nitrogens is 2. The van der Waals surface area contributed by atoms with Crippen LogP contribution in [0.1, 0.15) is 11.1 Å². The Balaban J connectivity index is 1.56. The number of ether oxygens (including phenoxy) is 2. The van der Waals surface area contributed by atoms with E-state index in [1.54, 1.807) is 48.4 Å². The quantitative estimate of drug-likeness (QED) is 0.583. The maximum absolute atomic E-state index is 13.7. The first-order valence-corrected chi connectivity index (χ1v) is 10.5. The molecule has 3 aromatic rings. The van der Waals surface area contributed by atoms with Gasteiger partial charge in [0.1, 0.15) is 18.0 Å². The number of urea groups is 1. The van der Waals surface area contributed by atoms with Crippen LogP contribution < -0.4 is 24.6 Å². The van der Waals surface area contributed by atoms with Crippen molar-refractivity contribution in [1.29, 1.82) is 0 Å².